The van der Waals surface area contributed by atoms with Crippen molar-refractivity contribution in [3.63, 3.8) is 0 Å². The molecule has 3 rings (SSSR count). The van der Waals surface area contributed by atoms with Gasteiger partial charge in [-0.25, -0.2) is 4.79 Å². The van der Waals surface area contributed by atoms with Gasteiger partial charge in [0.25, 0.3) is 5.91 Å². The van der Waals surface area contributed by atoms with Gasteiger partial charge in [0.15, 0.2) is 5.78 Å². The van der Waals surface area contributed by atoms with Gasteiger partial charge in [-0.2, -0.15) is 11.8 Å². The molecule has 26 heavy (non-hydrogen) atoms. The fraction of sp³-hybridized carbons (Fsp3) is 0.550. The second-order valence-electron chi connectivity index (χ2n) is 7.79. The number of imide groups is 1. The smallest absolute Gasteiger partial charge is 0.322 e. The first-order chi connectivity index (χ1) is 12.2. The van der Waals surface area contributed by atoms with Crippen LogP contribution in [-0.2, 0) is 4.79 Å². The molecule has 0 aromatic heterocycles. The lowest BCUT2D eigenvalue weighted by Crippen LogP contribution is -2.47. The first kappa shape index (κ1) is 19.0. The van der Waals surface area contributed by atoms with Crippen LogP contribution < -0.4 is 5.32 Å². The molecule has 3 amide bonds. The van der Waals surface area contributed by atoms with Crippen molar-refractivity contribution >= 4 is 29.5 Å². The third kappa shape index (κ3) is 3.27. The summed E-state index contributed by atoms with van der Waals surface area (Å²) in [6, 6.07) is 5.43. The van der Waals surface area contributed by atoms with Crippen LogP contribution >= 0.6 is 11.8 Å². The highest BCUT2D eigenvalue weighted by Crippen LogP contribution is 2.33. The Labute approximate surface area is 158 Å². The van der Waals surface area contributed by atoms with E-state index in [1.54, 1.807) is 11.8 Å². The van der Waals surface area contributed by atoms with Gasteiger partial charge < -0.3 is 5.32 Å². The predicted molar refractivity (Wildman–Crippen MR) is 104 cm³/mol. The molecular formula is C20H26N2O3S. The number of carbonyl (C=O) groups excluding carboxylic acids is 3. The average molecular weight is 375 g/mol. The van der Waals surface area contributed by atoms with Crippen molar-refractivity contribution in [3.8, 4) is 0 Å². The summed E-state index contributed by atoms with van der Waals surface area (Å²) in [5, 5.41) is 2.81. The summed E-state index contributed by atoms with van der Waals surface area (Å²) in [4.78, 5) is 39.1. The molecule has 6 heteroatoms. The van der Waals surface area contributed by atoms with E-state index in [2.05, 4.69) is 39.1 Å². The van der Waals surface area contributed by atoms with Crippen LogP contribution in [0, 0.1) is 0 Å². The molecule has 1 aromatic carbocycles. The van der Waals surface area contributed by atoms with Crippen LogP contribution in [-0.4, -0.2) is 46.2 Å². The van der Waals surface area contributed by atoms with E-state index in [0.29, 0.717) is 23.7 Å². The SMILES string of the molecule is CC(C)c1ccc(C(=O)CN2C(=O)N[C@@]3(CCSC3)C2=O)c(C(C)C)c1. The monoisotopic (exact) mass is 374 g/mol. The number of Topliss-reactive ketones (excluding diaryl/α,β-unsaturated/α-hetero) is 1. The molecule has 2 saturated heterocycles. The minimum absolute atomic E-state index is 0.185. The maximum absolute atomic E-state index is 12.9. The van der Waals surface area contributed by atoms with E-state index in [9.17, 15) is 14.4 Å². The molecule has 0 radical (unpaired) electrons. The number of hydrogen-bond acceptors (Lipinski definition) is 4. The first-order valence-corrected chi connectivity index (χ1v) is 10.3. The Bertz CT molecular complexity index is 751. The van der Waals surface area contributed by atoms with Crippen molar-refractivity contribution in [2.24, 2.45) is 0 Å². The van der Waals surface area contributed by atoms with Crippen LogP contribution in [0.25, 0.3) is 0 Å². The number of hydrogen-bond donors (Lipinski definition) is 1. The summed E-state index contributed by atoms with van der Waals surface area (Å²) in [5.41, 5.74) is 1.96. The van der Waals surface area contributed by atoms with Gasteiger partial charge in [0, 0.05) is 11.3 Å². The van der Waals surface area contributed by atoms with E-state index in [1.807, 2.05) is 12.1 Å². The largest absolute Gasteiger partial charge is 0.325 e. The van der Waals surface area contributed by atoms with Crippen molar-refractivity contribution in [1.29, 1.82) is 0 Å². The highest BCUT2D eigenvalue weighted by Gasteiger charge is 2.53. The minimum atomic E-state index is -0.801. The molecule has 140 valence electrons. The molecule has 2 fully saturated rings. The molecule has 1 N–H and O–H groups in total. The lowest BCUT2D eigenvalue weighted by molar-refractivity contribution is -0.130. The van der Waals surface area contributed by atoms with Gasteiger partial charge in [-0.3, -0.25) is 14.5 Å². The van der Waals surface area contributed by atoms with Gasteiger partial charge >= 0.3 is 6.03 Å². The molecule has 0 bridgehead atoms. The maximum atomic E-state index is 12.9. The fourth-order valence-electron chi connectivity index (χ4n) is 3.55. The van der Waals surface area contributed by atoms with Gasteiger partial charge in [0.05, 0.1) is 6.54 Å². The van der Waals surface area contributed by atoms with E-state index in [4.69, 9.17) is 0 Å². The molecule has 1 atom stereocenters. The lowest BCUT2D eigenvalue weighted by Gasteiger charge is -2.20. The zero-order chi connectivity index (χ0) is 19.1. The van der Waals surface area contributed by atoms with E-state index in [-0.39, 0.29) is 24.2 Å². The van der Waals surface area contributed by atoms with Crippen molar-refractivity contribution in [3.05, 3.63) is 34.9 Å². The highest BCUT2D eigenvalue weighted by molar-refractivity contribution is 7.99. The summed E-state index contributed by atoms with van der Waals surface area (Å²) in [6.45, 7) is 8.14. The van der Waals surface area contributed by atoms with Gasteiger partial charge in [-0.05, 0) is 35.1 Å². The van der Waals surface area contributed by atoms with Crippen molar-refractivity contribution in [2.45, 2.75) is 51.5 Å². The molecular weight excluding hydrogens is 348 g/mol. The Hall–Kier alpha value is -1.82. The van der Waals surface area contributed by atoms with Gasteiger partial charge in [-0.1, -0.05) is 45.9 Å². The molecule has 0 saturated carbocycles. The minimum Gasteiger partial charge on any atom is -0.322 e. The van der Waals surface area contributed by atoms with E-state index in [0.717, 1.165) is 16.2 Å². The van der Waals surface area contributed by atoms with Crippen LogP contribution in [0.15, 0.2) is 18.2 Å². The van der Waals surface area contributed by atoms with Crippen LogP contribution in [0.3, 0.4) is 0 Å². The first-order valence-electron chi connectivity index (χ1n) is 9.14. The standard InChI is InChI=1S/C20H26N2O3S/c1-12(2)14-5-6-15(16(9-14)13(3)4)17(23)10-22-18(24)20(21-19(22)25)7-8-26-11-20/h5-6,9,12-13H,7-8,10-11H2,1-4H3,(H,21,25)/t20-/m1/s1. The molecule has 1 spiro atoms. The Kier molecular flexibility index (Phi) is 5.15. The Morgan fingerprint density at radius 2 is 1.96 bits per heavy atom. The Morgan fingerprint density at radius 3 is 2.54 bits per heavy atom. The van der Waals surface area contributed by atoms with Crippen molar-refractivity contribution < 1.29 is 14.4 Å². The number of nitrogens with zero attached hydrogens (tertiary/aromatic N) is 1. The molecule has 0 unspecified atom stereocenters. The number of benzene rings is 1. The van der Waals surface area contributed by atoms with Gasteiger partial charge in [0.2, 0.25) is 0 Å². The average Bonchev–Trinajstić information content (AvgIpc) is 3.15. The Morgan fingerprint density at radius 1 is 1.23 bits per heavy atom. The molecule has 2 heterocycles. The maximum Gasteiger partial charge on any atom is 0.325 e. The number of urea groups is 1. The molecule has 5 nitrogen and oxygen atoms in total. The zero-order valence-corrected chi connectivity index (χ0v) is 16.6. The van der Waals surface area contributed by atoms with E-state index in [1.165, 1.54) is 5.56 Å². The predicted octanol–water partition coefficient (Wildman–Crippen LogP) is 3.54. The molecule has 2 aliphatic rings. The third-order valence-corrected chi connectivity index (χ3v) is 6.42. The molecule has 1 aromatic rings. The summed E-state index contributed by atoms with van der Waals surface area (Å²) in [6.07, 6.45) is 0.632. The summed E-state index contributed by atoms with van der Waals surface area (Å²) >= 11 is 1.66. The summed E-state index contributed by atoms with van der Waals surface area (Å²) < 4.78 is 0. The topological polar surface area (TPSA) is 66.5 Å². The summed E-state index contributed by atoms with van der Waals surface area (Å²) in [5.74, 6) is 1.56. The van der Waals surface area contributed by atoms with Crippen LogP contribution in [0.5, 0.6) is 0 Å². The molecule has 2 aliphatic heterocycles. The second-order valence-corrected chi connectivity index (χ2v) is 8.89. The van der Waals surface area contributed by atoms with Crippen molar-refractivity contribution in [1.82, 2.24) is 10.2 Å². The number of nitrogens with one attached hydrogen (secondary N) is 1. The zero-order valence-electron chi connectivity index (χ0n) is 15.8. The van der Waals surface area contributed by atoms with Crippen LogP contribution in [0.2, 0.25) is 0 Å². The highest BCUT2D eigenvalue weighted by atomic mass is 32.2. The van der Waals surface area contributed by atoms with E-state index >= 15 is 0 Å². The van der Waals surface area contributed by atoms with Crippen LogP contribution in [0.4, 0.5) is 4.79 Å². The quantitative estimate of drug-likeness (QED) is 0.632. The van der Waals surface area contributed by atoms with E-state index < -0.39 is 11.6 Å². The fourth-order valence-corrected chi connectivity index (χ4v) is 4.88. The lowest BCUT2D eigenvalue weighted by atomic mass is 9.90. The number of thioether (sulfide) groups is 1. The van der Waals surface area contributed by atoms with Gasteiger partial charge in [0.1, 0.15) is 5.54 Å². The number of rotatable bonds is 5. The number of amides is 3. The number of ketones is 1. The normalized spacial score (nSPS) is 22.8. The second kappa shape index (κ2) is 7.06. The molecule has 0 aliphatic carbocycles. The number of carbonyl (C=O) groups is 3. The van der Waals surface area contributed by atoms with Crippen LogP contribution in [0.1, 0.15) is 67.4 Å². The summed E-state index contributed by atoms with van der Waals surface area (Å²) in [7, 11) is 0. The Balaban J connectivity index is 1.84. The third-order valence-electron chi connectivity index (χ3n) is 5.23. The van der Waals surface area contributed by atoms with Crippen molar-refractivity contribution in [2.75, 3.05) is 18.1 Å². The van der Waals surface area contributed by atoms with Gasteiger partial charge in [-0.15, -0.1) is 0 Å².